The molecule has 1 atom stereocenters. The van der Waals surface area contributed by atoms with Crippen molar-refractivity contribution in [2.45, 2.75) is 25.9 Å². The highest BCUT2D eigenvalue weighted by molar-refractivity contribution is 5.82. The van der Waals surface area contributed by atoms with Crippen LogP contribution in [0.1, 0.15) is 28.6 Å². The lowest BCUT2D eigenvalue weighted by molar-refractivity contribution is -0.124. The lowest BCUT2D eigenvalue weighted by Crippen LogP contribution is -2.42. The van der Waals surface area contributed by atoms with Gasteiger partial charge in [-0.15, -0.1) is 0 Å². The van der Waals surface area contributed by atoms with E-state index in [4.69, 9.17) is 10.3 Å². The quantitative estimate of drug-likeness (QED) is 0.783. The van der Waals surface area contributed by atoms with Crippen LogP contribution in [0.4, 0.5) is 0 Å². The van der Waals surface area contributed by atoms with Crippen LogP contribution in [-0.2, 0) is 17.8 Å². The summed E-state index contributed by atoms with van der Waals surface area (Å²) in [5.74, 6) is 0.662. The molecule has 0 aliphatic carbocycles. The molecule has 0 saturated carbocycles. The maximum absolute atomic E-state index is 12.1. The Hall–Kier alpha value is -2.99. The van der Waals surface area contributed by atoms with Gasteiger partial charge in [0.25, 0.3) is 0 Å². The number of aromatic nitrogens is 2. The second-order valence-corrected chi connectivity index (χ2v) is 6.60. The fraction of sp³-hybridized carbons (Fsp3) is 0.250. The molecular weight excluding hydrogens is 328 g/mol. The van der Waals surface area contributed by atoms with Gasteiger partial charge in [-0.05, 0) is 24.5 Å². The van der Waals surface area contributed by atoms with Crippen molar-refractivity contribution in [2.75, 3.05) is 6.54 Å². The van der Waals surface area contributed by atoms with Crippen LogP contribution in [0, 0.1) is 6.92 Å². The number of carbonyl (C=O) groups is 1. The van der Waals surface area contributed by atoms with Gasteiger partial charge in [0.1, 0.15) is 6.04 Å². The third kappa shape index (κ3) is 3.11. The number of hydrogen-bond donors (Lipinski definition) is 1. The molecule has 0 radical (unpaired) electrons. The number of hydrogen-bond acceptors (Lipinski definition) is 5. The Bertz CT molecular complexity index is 933. The number of nitrogens with two attached hydrogens (primary N) is 1. The Labute approximate surface area is 151 Å². The average molecular weight is 348 g/mol. The van der Waals surface area contributed by atoms with Crippen molar-refractivity contribution in [1.82, 2.24) is 15.0 Å². The third-order valence-electron chi connectivity index (χ3n) is 4.77. The third-order valence-corrected chi connectivity index (χ3v) is 4.77. The molecule has 1 amide bonds. The minimum absolute atomic E-state index is 0.365. The normalized spacial score (nSPS) is 17.0. The van der Waals surface area contributed by atoms with Crippen LogP contribution in [0.2, 0.25) is 0 Å². The van der Waals surface area contributed by atoms with Gasteiger partial charge in [-0.2, -0.15) is 4.98 Å². The molecule has 2 aromatic carbocycles. The van der Waals surface area contributed by atoms with Crippen LogP contribution in [-0.4, -0.2) is 27.5 Å². The molecule has 0 fully saturated rings. The summed E-state index contributed by atoms with van der Waals surface area (Å²) in [7, 11) is 0. The highest BCUT2D eigenvalue weighted by Gasteiger charge is 2.32. The van der Waals surface area contributed by atoms with Gasteiger partial charge in [0, 0.05) is 12.1 Å². The molecule has 1 aliphatic rings. The van der Waals surface area contributed by atoms with Crippen molar-refractivity contribution in [1.29, 1.82) is 0 Å². The average Bonchev–Trinajstić information content (AvgIpc) is 3.10. The van der Waals surface area contributed by atoms with E-state index in [2.05, 4.69) is 10.1 Å². The standard InChI is InChI=1S/C20H20N4O2/c1-13-6-8-15(9-7-13)20-22-17(26-23-20)12-24-11-10-14-4-2-3-5-16(14)18(24)19(21)25/h2-9,18H,10-12H2,1H3,(H2,21,25)/t18-/m0/s1. The SMILES string of the molecule is Cc1ccc(-c2noc(CN3CCc4ccccc4[C@H]3C(N)=O)n2)cc1. The van der Waals surface area contributed by atoms with Crippen LogP contribution in [0.3, 0.4) is 0 Å². The van der Waals surface area contributed by atoms with E-state index < -0.39 is 6.04 Å². The van der Waals surface area contributed by atoms with E-state index >= 15 is 0 Å². The molecule has 0 saturated heterocycles. The Morgan fingerprint density at radius 3 is 2.77 bits per heavy atom. The minimum Gasteiger partial charge on any atom is -0.368 e. The zero-order valence-electron chi connectivity index (χ0n) is 14.6. The molecule has 2 heterocycles. The van der Waals surface area contributed by atoms with Gasteiger partial charge >= 0.3 is 0 Å². The molecule has 0 bridgehead atoms. The highest BCUT2D eigenvalue weighted by atomic mass is 16.5. The van der Waals surface area contributed by atoms with Crippen molar-refractivity contribution in [3.63, 3.8) is 0 Å². The van der Waals surface area contributed by atoms with E-state index in [9.17, 15) is 4.79 Å². The maximum atomic E-state index is 12.1. The number of aryl methyl sites for hydroxylation is 1. The van der Waals surface area contributed by atoms with Gasteiger partial charge in [0.05, 0.1) is 6.54 Å². The largest absolute Gasteiger partial charge is 0.368 e. The molecule has 4 rings (SSSR count). The van der Waals surface area contributed by atoms with Crippen molar-refractivity contribution >= 4 is 5.91 Å². The molecule has 6 heteroatoms. The summed E-state index contributed by atoms with van der Waals surface area (Å²) in [6.07, 6.45) is 0.860. The van der Waals surface area contributed by atoms with Crippen molar-refractivity contribution in [2.24, 2.45) is 5.73 Å². The molecular formula is C20H20N4O2. The smallest absolute Gasteiger partial charge is 0.241 e. The molecule has 132 valence electrons. The van der Waals surface area contributed by atoms with E-state index in [1.807, 2.05) is 60.4 Å². The molecule has 6 nitrogen and oxygen atoms in total. The molecule has 0 unspecified atom stereocenters. The van der Waals surface area contributed by atoms with Crippen molar-refractivity contribution in [3.05, 3.63) is 71.1 Å². The summed E-state index contributed by atoms with van der Waals surface area (Å²) in [4.78, 5) is 18.6. The summed E-state index contributed by atoms with van der Waals surface area (Å²) in [6.45, 7) is 3.14. The first-order valence-electron chi connectivity index (χ1n) is 8.62. The predicted molar refractivity (Wildman–Crippen MR) is 97.0 cm³/mol. The van der Waals surface area contributed by atoms with Crippen LogP contribution in [0.15, 0.2) is 53.1 Å². The number of benzene rings is 2. The van der Waals surface area contributed by atoms with E-state index in [0.29, 0.717) is 24.8 Å². The van der Waals surface area contributed by atoms with Gasteiger partial charge in [-0.25, -0.2) is 0 Å². The van der Waals surface area contributed by atoms with Gasteiger partial charge in [0.2, 0.25) is 17.6 Å². The van der Waals surface area contributed by atoms with Crippen LogP contribution >= 0.6 is 0 Å². The summed E-state index contributed by atoms with van der Waals surface area (Å²) < 4.78 is 5.41. The fourth-order valence-electron chi connectivity index (χ4n) is 3.43. The second-order valence-electron chi connectivity index (χ2n) is 6.60. The van der Waals surface area contributed by atoms with E-state index in [1.165, 1.54) is 11.1 Å². The van der Waals surface area contributed by atoms with Crippen LogP contribution in [0.5, 0.6) is 0 Å². The van der Waals surface area contributed by atoms with E-state index in [1.54, 1.807) is 0 Å². The van der Waals surface area contributed by atoms with Crippen molar-refractivity contribution < 1.29 is 9.32 Å². The Morgan fingerprint density at radius 2 is 2.00 bits per heavy atom. The topological polar surface area (TPSA) is 85.3 Å². The number of primary amides is 1. The predicted octanol–water partition coefficient (Wildman–Crippen LogP) is 2.63. The van der Waals surface area contributed by atoms with Gasteiger partial charge < -0.3 is 10.3 Å². The Morgan fingerprint density at radius 1 is 1.23 bits per heavy atom. The van der Waals surface area contributed by atoms with Crippen molar-refractivity contribution in [3.8, 4) is 11.4 Å². The first-order chi connectivity index (χ1) is 12.6. The van der Waals surface area contributed by atoms with Gasteiger partial charge in [0.15, 0.2) is 0 Å². The lowest BCUT2D eigenvalue weighted by Gasteiger charge is -2.34. The first kappa shape index (κ1) is 16.5. The molecule has 2 N–H and O–H groups in total. The molecule has 26 heavy (non-hydrogen) atoms. The molecule has 1 aromatic heterocycles. The number of nitrogens with zero attached hydrogens (tertiary/aromatic N) is 3. The summed E-state index contributed by atoms with van der Waals surface area (Å²) in [5, 5.41) is 4.07. The Balaban J connectivity index is 1.57. The summed E-state index contributed by atoms with van der Waals surface area (Å²) >= 11 is 0. The monoisotopic (exact) mass is 348 g/mol. The second kappa shape index (κ2) is 6.72. The molecule has 3 aromatic rings. The van der Waals surface area contributed by atoms with E-state index in [0.717, 1.165) is 17.5 Å². The van der Waals surface area contributed by atoms with E-state index in [-0.39, 0.29) is 5.91 Å². The van der Waals surface area contributed by atoms with Gasteiger partial charge in [-0.3, -0.25) is 9.69 Å². The van der Waals surface area contributed by atoms with Crippen LogP contribution in [0.25, 0.3) is 11.4 Å². The number of amides is 1. The molecule has 1 aliphatic heterocycles. The zero-order valence-corrected chi connectivity index (χ0v) is 14.6. The first-order valence-corrected chi connectivity index (χ1v) is 8.62. The fourth-order valence-corrected chi connectivity index (χ4v) is 3.43. The summed E-state index contributed by atoms with van der Waals surface area (Å²) in [6, 6.07) is 15.4. The van der Waals surface area contributed by atoms with Crippen LogP contribution < -0.4 is 5.73 Å². The highest BCUT2D eigenvalue weighted by Crippen LogP contribution is 2.30. The van der Waals surface area contributed by atoms with Gasteiger partial charge in [-0.1, -0.05) is 59.3 Å². The summed E-state index contributed by atoms with van der Waals surface area (Å²) in [5.41, 5.74) is 9.90. The number of carbonyl (C=O) groups excluding carboxylic acids is 1. The Kier molecular flexibility index (Phi) is 4.26. The number of fused-ring (bicyclic) bond motifs is 1. The maximum Gasteiger partial charge on any atom is 0.241 e. The lowest BCUT2D eigenvalue weighted by atomic mass is 9.92. The minimum atomic E-state index is -0.477. The molecule has 0 spiro atoms. The number of rotatable bonds is 4. The zero-order chi connectivity index (χ0) is 18.1.